The Kier molecular flexibility index (Phi) is 3.96. The monoisotopic (exact) mass is 245 g/mol. The first-order chi connectivity index (χ1) is 8.74. The largest absolute Gasteiger partial charge is 0.350 e. The summed E-state index contributed by atoms with van der Waals surface area (Å²) in [5, 5.41) is 2.73. The first-order valence-electron chi connectivity index (χ1n) is 5.50. The molecule has 92 valence electrons. The van der Waals surface area contributed by atoms with Gasteiger partial charge in [-0.1, -0.05) is 12.1 Å². The number of rotatable bonds is 4. The van der Waals surface area contributed by atoms with Crippen LogP contribution in [0.2, 0.25) is 0 Å². The maximum absolute atomic E-state index is 12.7. The summed E-state index contributed by atoms with van der Waals surface area (Å²) in [7, 11) is 0. The van der Waals surface area contributed by atoms with Gasteiger partial charge in [-0.15, -0.1) is 0 Å². The van der Waals surface area contributed by atoms with Crippen LogP contribution in [-0.2, 0) is 17.8 Å². The van der Waals surface area contributed by atoms with Crippen molar-refractivity contribution >= 4 is 5.91 Å². The Labute approximate surface area is 104 Å². The lowest BCUT2D eigenvalue weighted by atomic mass is 10.1. The van der Waals surface area contributed by atoms with Crippen LogP contribution in [0.1, 0.15) is 11.3 Å². The van der Waals surface area contributed by atoms with Gasteiger partial charge in [-0.2, -0.15) is 0 Å². The molecule has 4 nitrogen and oxygen atoms in total. The third kappa shape index (κ3) is 3.62. The summed E-state index contributed by atoms with van der Waals surface area (Å²) in [6.07, 6.45) is 4.96. The second kappa shape index (κ2) is 5.86. The van der Waals surface area contributed by atoms with Crippen LogP contribution in [-0.4, -0.2) is 15.9 Å². The van der Waals surface area contributed by atoms with Gasteiger partial charge < -0.3 is 5.32 Å². The molecule has 1 heterocycles. The molecular formula is C13H12FN3O. The van der Waals surface area contributed by atoms with Gasteiger partial charge in [0, 0.05) is 12.4 Å². The molecule has 1 aromatic heterocycles. The van der Waals surface area contributed by atoms with E-state index in [-0.39, 0.29) is 18.1 Å². The molecule has 1 amide bonds. The van der Waals surface area contributed by atoms with E-state index in [2.05, 4.69) is 15.3 Å². The van der Waals surface area contributed by atoms with Crippen molar-refractivity contribution in [2.24, 2.45) is 0 Å². The molecular weight excluding hydrogens is 233 g/mol. The topological polar surface area (TPSA) is 54.9 Å². The van der Waals surface area contributed by atoms with Crippen molar-refractivity contribution in [3.8, 4) is 0 Å². The summed E-state index contributed by atoms with van der Waals surface area (Å²) in [6.45, 7) is 0.341. The van der Waals surface area contributed by atoms with E-state index in [4.69, 9.17) is 0 Å². The van der Waals surface area contributed by atoms with Gasteiger partial charge in [0.15, 0.2) is 0 Å². The minimum Gasteiger partial charge on any atom is -0.350 e. The van der Waals surface area contributed by atoms with Gasteiger partial charge in [0.1, 0.15) is 5.82 Å². The predicted octanol–water partition coefficient (Wildman–Crippen LogP) is 1.47. The quantitative estimate of drug-likeness (QED) is 0.887. The Balaban J connectivity index is 1.84. The van der Waals surface area contributed by atoms with Crippen LogP contribution < -0.4 is 5.32 Å². The molecule has 5 heteroatoms. The molecule has 0 bridgehead atoms. The fourth-order valence-corrected chi connectivity index (χ4v) is 1.46. The minimum atomic E-state index is -0.307. The highest BCUT2D eigenvalue weighted by molar-refractivity contribution is 5.78. The molecule has 0 unspecified atom stereocenters. The summed E-state index contributed by atoms with van der Waals surface area (Å²) in [6, 6.07) is 5.87. The Morgan fingerprint density at radius 2 is 2.00 bits per heavy atom. The zero-order chi connectivity index (χ0) is 12.8. The van der Waals surface area contributed by atoms with Gasteiger partial charge in [0.05, 0.1) is 24.9 Å². The van der Waals surface area contributed by atoms with E-state index in [1.807, 2.05) is 0 Å². The number of amides is 1. The molecule has 0 aliphatic heterocycles. The van der Waals surface area contributed by atoms with Crippen molar-refractivity contribution in [3.05, 3.63) is 59.9 Å². The van der Waals surface area contributed by atoms with Crippen LogP contribution in [0.25, 0.3) is 0 Å². The molecule has 0 aliphatic carbocycles. The van der Waals surface area contributed by atoms with Gasteiger partial charge in [-0.25, -0.2) is 4.39 Å². The summed E-state index contributed by atoms with van der Waals surface area (Å²) in [5.74, 6) is -0.439. The van der Waals surface area contributed by atoms with E-state index in [0.717, 1.165) is 5.56 Å². The van der Waals surface area contributed by atoms with Gasteiger partial charge >= 0.3 is 0 Å². The third-order valence-electron chi connectivity index (χ3n) is 2.36. The number of nitrogens with one attached hydrogen (secondary N) is 1. The third-order valence-corrected chi connectivity index (χ3v) is 2.36. The van der Waals surface area contributed by atoms with E-state index in [1.165, 1.54) is 12.1 Å². The molecule has 2 aromatic rings. The number of benzene rings is 1. The van der Waals surface area contributed by atoms with Crippen LogP contribution in [0.15, 0.2) is 42.9 Å². The number of hydrogen-bond acceptors (Lipinski definition) is 3. The van der Waals surface area contributed by atoms with Crippen molar-refractivity contribution in [3.63, 3.8) is 0 Å². The van der Waals surface area contributed by atoms with Crippen LogP contribution >= 0.6 is 0 Å². The van der Waals surface area contributed by atoms with E-state index in [1.54, 1.807) is 30.7 Å². The van der Waals surface area contributed by atoms with Crippen molar-refractivity contribution in [2.75, 3.05) is 0 Å². The van der Waals surface area contributed by atoms with Crippen molar-refractivity contribution in [2.45, 2.75) is 13.0 Å². The van der Waals surface area contributed by atoms with Gasteiger partial charge in [0.2, 0.25) is 5.91 Å². The molecule has 18 heavy (non-hydrogen) atoms. The highest BCUT2D eigenvalue weighted by Gasteiger charge is 2.03. The first-order valence-corrected chi connectivity index (χ1v) is 5.50. The normalized spacial score (nSPS) is 10.1. The lowest BCUT2D eigenvalue weighted by Crippen LogP contribution is -2.25. The Morgan fingerprint density at radius 1 is 1.22 bits per heavy atom. The maximum Gasteiger partial charge on any atom is 0.224 e. The van der Waals surface area contributed by atoms with Crippen LogP contribution in [0.3, 0.4) is 0 Å². The summed E-state index contributed by atoms with van der Waals surface area (Å²) >= 11 is 0. The number of halogens is 1. The lowest BCUT2D eigenvalue weighted by molar-refractivity contribution is -0.120. The highest BCUT2D eigenvalue weighted by Crippen LogP contribution is 2.03. The fraction of sp³-hybridized carbons (Fsp3) is 0.154. The molecule has 2 rings (SSSR count). The maximum atomic E-state index is 12.7. The smallest absolute Gasteiger partial charge is 0.224 e. The molecule has 0 aliphatic rings. The predicted molar refractivity (Wildman–Crippen MR) is 64.0 cm³/mol. The van der Waals surface area contributed by atoms with E-state index >= 15 is 0 Å². The van der Waals surface area contributed by atoms with Gasteiger partial charge in [-0.3, -0.25) is 14.8 Å². The number of aromatic nitrogens is 2. The van der Waals surface area contributed by atoms with Gasteiger partial charge in [0.25, 0.3) is 0 Å². The summed E-state index contributed by atoms with van der Waals surface area (Å²) in [5.41, 5.74) is 1.47. The van der Waals surface area contributed by atoms with Gasteiger partial charge in [-0.05, 0) is 17.7 Å². The first kappa shape index (κ1) is 12.2. The van der Waals surface area contributed by atoms with E-state index in [9.17, 15) is 9.18 Å². The fourth-order valence-electron chi connectivity index (χ4n) is 1.46. The standard InChI is InChI=1S/C13H12FN3O/c14-11-3-1-10(2-4-11)7-13(18)17-9-12-8-15-5-6-16-12/h1-6,8H,7,9H2,(H,17,18). The molecule has 0 fully saturated rings. The molecule has 0 atom stereocenters. The van der Waals surface area contributed by atoms with Crippen LogP contribution in [0.4, 0.5) is 4.39 Å². The Hall–Kier alpha value is -2.30. The van der Waals surface area contributed by atoms with Crippen LogP contribution in [0, 0.1) is 5.82 Å². The second-order valence-corrected chi connectivity index (χ2v) is 3.78. The summed E-state index contributed by atoms with van der Waals surface area (Å²) < 4.78 is 12.7. The van der Waals surface area contributed by atoms with Crippen molar-refractivity contribution in [1.82, 2.24) is 15.3 Å². The molecule has 1 N–H and O–H groups in total. The minimum absolute atomic E-state index is 0.132. The number of carbonyl (C=O) groups is 1. The molecule has 0 radical (unpaired) electrons. The molecule has 1 aromatic carbocycles. The Bertz CT molecular complexity index is 514. The number of carbonyl (C=O) groups excluding carboxylic acids is 1. The zero-order valence-electron chi connectivity index (χ0n) is 9.64. The molecule has 0 spiro atoms. The van der Waals surface area contributed by atoms with Crippen molar-refractivity contribution in [1.29, 1.82) is 0 Å². The Morgan fingerprint density at radius 3 is 2.67 bits per heavy atom. The van der Waals surface area contributed by atoms with Crippen molar-refractivity contribution < 1.29 is 9.18 Å². The average Bonchev–Trinajstić information content (AvgIpc) is 2.40. The number of nitrogens with zero attached hydrogens (tertiary/aromatic N) is 2. The van der Waals surface area contributed by atoms with E-state index < -0.39 is 0 Å². The number of hydrogen-bond donors (Lipinski definition) is 1. The lowest BCUT2D eigenvalue weighted by Gasteiger charge is -2.04. The second-order valence-electron chi connectivity index (χ2n) is 3.78. The average molecular weight is 245 g/mol. The SMILES string of the molecule is O=C(Cc1ccc(F)cc1)NCc1cnccn1. The molecule has 0 saturated heterocycles. The zero-order valence-corrected chi connectivity index (χ0v) is 9.64. The molecule has 0 saturated carbocycles. The van der Waals surface area contributed by atoms with Crippen LogP contribution in [0.5, 0.6) is 0 Å². The summed E-state index contributed by atoms with van der Waals surface area (Å²) in [4.78, 5) is 19.6. The van der Waals surface area contributed by atoms with E-state index in [0.29, 0.717) is 12.2 Å². The highest BCUT2D eigenvalue weighted by atomic mass is 19.1.